The molecule has 0 spiro atoms. The van der Waals surface area contributed by atoms with Crippen molar-refractivity contribution in [2.24, 2.45) is 5.92 Å². The van der Waals surface area contributed by atoms with Crippen LogP contribution < -0.4 is 10.1 Å². The van der Waals surface area contributed by atoms with Gasteiger partial charge < -0.3 is 15.2 Å². The van der Waals surface area contributed by atoms with Crippen LogP contribution in [0.3, 0.4) is 0 Å². The van der Waals surface area contributed by atoms with E-state index >= 15 is 0 Å². The molecule has 1 unspecified atom stereocenters. The van der Waals surface area contributed by atoms with Crippen LogP contribution in [0.2, 0.25) is 0 Å². The Kier molecular flexibility index (Phi) is 4.81. The minimum Gasteiger partial charge on any atom is -0.495 e. The fourth-order valence-electron chi connectivity index (χ4n) is 1.66. The molecule has 1 atom stereocenters. The van der Waals surface area contributed by atoms with Gasteiger partial charge in [-0.05, 0) is 23.1 Å². The van der Waals surface area contributed by atoms with Gasteiger partial charge in [-0.25, -0.2) is 0 Å². The molecule has 0 bridgehead atoms. The third kappa shape index (κ3) is 4.16. The highest BCUT2D eigenvalue weighted by molar-refractivity contribution is 5.70. The highest BCUT2D eigenvalue weighted by Crippen LogP contribution is 2.31. The molecule has 1 aromatic rings. The van der Waals surface area contributed by atoms with Crippen LogP contribution in [0.1, 0.15) is 33.3 Å². The van der Waals surface area contributed by atoms with Gasteiger partial charge in [0.2, 0.25) is 0 Å². The minimum atomic E-state index is -0.807. The Hall–Kier alpha value is -1.71. The number of nitrogens with one attached hydrogen (secondary N) is 1. The molecular formula is C15H23NO3. The molecule has 1 rings (SSSR count). The van der Waals surface area contributed by atoms with Gasteiger partial charge in [-0.3, -0.25) is 4.79 Å². The number of hydrogen-bond acceptors (Lipinski definition) is 3. The second-order valence-electron chi connectivity index (χ2n) is 5.79. The zero-order valence-corrected chi connectivity index (χ0v) is 12.3. The summed E-state index contributed by atoms with van der Waals surface area (Å²) in [4.78, 5) is 10.8. The lowest BCUT2D eigenvalue weighted by Gasteiger charge is -2.22. The first-order chi connectivity index (χ1) is 8.75. The van der Waals surface area contributed by atoms with E-state index in [0.29, 0.717) is 6.54 Å². The first-order valence-electron chi connectivity index (χ1n) is 6.41. The van der Waals surface area contributed by atoms with Crippen molar-refractivity contribution in [1.29, 1.82) is 0 Å². The van der Waals surface area contributed by atoms with Gasteiger partial charge >= 0.3 is 5.97 Å². The Labute approximate surface area is 114 Å². The fourth-order valence-corrected chi connectivity index (χ4v) is 1.66. The van der Waals surface area contributed by atoms with Crippen LogP contribution >= 0.6 is 0 Å². The lowest BCUT2D eigenvalue weighted by atomic mass is 9.87. The maximum Gasteiger partial charge on any atom is 0.308 e. The van der Waals surface area contributed by atoms with Crippen molar-refractivity contribution in [1.82, 2.24) is 0 Å². The molecule has 0 saturated heterocycles. The molecule has 0 amide bonds. The van der Waals surface area contributed by atoms with Crippen molar-refractivity contribution in [3.8, 4) is 5.75 Å². The quantitative estimate of drug-likeness (QED) is 0.858. The topological polar surface area (TPSA) is 58.6 Å². The van der Waals surface area contributed by atoms with E-state index in [1.54, 1.807) is 14.0 Å². The van der Waals surface area contributed by atoms with Crippen LogP contribution in [-0.2, 0) is 10.2 Å². The Morgan fingerprint density at radius 2 is 2.05 bits per heavy atom. The molecule has 2 N–H and O–H groups in total. The summed E-state index contributed by atoms with van der Waals surface area (Å²) in [6.45, 7) is 8.46. The van der Waals surface area contributed by atoms with E-state index in [1.807, 2.05) is 18.2 Å². The van der Waals surface area contributed by atoms with Crippen molar-refractivity contribution in [3.05, 3.63) is 23.8 Å². The van der Waals surface area contributed by atoms with Gasteiger partial charge in [0.1, 0.15) is 5.75 Å². The second-order valence-corrected chi connectivity index (χ2v) is 5.79. The Balaban J connectivity index is 2.94. The lowest BCUT2D eigenvalue weighted by Crippen LogP contribution is -2.20. The lowest BCUT2D eigenvalue weighted by molar-refractivity contribution is -0.140. The summed E-state index contributed by atoms with van der Waals surface area (Å²) in [5.74, 6) is -0.521. The molecule has 0 saturated carbocycles. The molecule has 4 nitrogen and oxygen atoms in total. The number of ether oxygens (including phenoxy) is 1. The largest absolute Gasteiger partial charge is 0.495 e. The molecule has 0 aliphatic heterocycles. The highest BCUT2D eigenvalue weighted by atomic mass is 16.5. The smallest absolute Gasteiger partial charge is 0.308 e. The number of hydrogen-bond donors (Lipinski definition) is 2. The standard InChI is InChI=1S/C15H23NO3/c1-10(14(17)18)9-16-12-8-11(15(2,3)4)6-7-13(12)19-5/h6-8,10,16H,9H2,1-5H3,(H,17,18). The monoisotopic (exact) mass is 265 g/mol. The number of carboxylic acid groups (broad SMARTS) is 1. The summed E-state index contributed by atoms with van der Waals surface area (Å²) in [6.07, 6.45) is 0. The fraction of sp³-hybridized carbons (Fsp3) is 0.533. The zero-order valence-electron chi connectivity index (χ0n) is 12.3. The van der Waals surface area contributed by atoms with Gasteiger partial charge in [0.25, 0.3) is 0 Å². The number of anilines is 1. The molecule has 19 heavy (non-hydrogen) atoms. The maximum absolute atomic E-state index is 10.8. The van der Waals surface area contributed by atoms with Crippen LogP contribution in [0, 0.1) is 5.92 Å². The van der Waals surface area contributed by atoms with Crippen molar-refractivity contribution in [2.75, 3.05) is 19.0 Å². The van der Waals surface area contributed by atoms with E-state index in [-0.39, 0.29) is 5.41 Å². The molecule has 106 valence electrons. The third-order valence-electron chi connectivity index (χ3n) is 3.09. The van der Waals surface area contributed by atoms with E-state index in [1.165, 1.54) is 5.56 Å². The molecule has 4 heteroatoms. The van der Waals surface area contributed by atoms with Crippen LogP contribution in [0.4, 0.5) is 5.69 Å². The molecule has 1 aromatic carbocycles. The molecule has 0 fully saturated rings. The van der Waals surface area contributed by atoms with E-state index in [0.717, 1.165) is 11.4 Å². The molecule has 0 aromatic heterocycles. The SMILES string of the molecule is COc1ccc(C(C)(C)C)cc1NCC(C)C(=O)O. The normalized spacial score (nSPS) is 12.9. The van der Waals surface area contributed by atoms with E-state index in [9.17, 15) is 4.79 Å². The predicted octanol–water partition coefficient (Wildman–Crippen LogP) is 3.13. The summed E-state index contributed by atoms with van der Waals surface area (Å²) in [6, 6.07) is 5.96. The van der Waals surface area contributed by atoms with Crippen LogP contribution in [-0.4, -0.2) is 24.7 Å². The Morgan fingerprint density at radius 1 is 1.42 bits per heavy atom. The third-order valence-corrected chi connectivity index (χ3v) is 3.09. The van der Waals surface area contributed by atoms with Crippen LogP contribution in [0.5, 0.6) is 5.75 Å². The van der Waals surface area contributed by atoms with Gasteiger partial charge in [-0.2, -0.15) is 0 Å². The number of rotatable bonds is 5. The molecule has 0 heterocycles. The van der Waals surface area contributed by atoms with Gasteiger partial charge in [0, 0.05) is 6.54 Å². The van der Waals surface area contributed by atoms with Crippen molar-refractivity contribution >= 4 is 11.7 Å². The van der Waals surface area contributed by atoms with Gasteiger partial charge in [-0.1, -0.05) is 33.8 Å². The van der Waals surface area contributed by atoms with Crippen molar-refractivity contribution < 1.29 is 14.6 Å². The van der Waals surface area contributed by atoms with Crippen LogP contribution in [0.25, 0.3) is 0 Å². The van der Waals surface area contributed by atoms with E-state index in [2.05, 4.69) is 26.1 Å². The average Bonchev–Trinajstić information content (AvgIpc) is 2.34. The number of carboxylic acids is 1. The molecule has 0 aliphatic rings. The number of methoxy groups -OCH3 is 1. The van der Waals surface area contributed by atoms with Crippen LogP contribution in [0.15, 0.2) is 18.2 Å². The van der Waals surface area contributed by atoms with E-state index in [4.69, 9.17) is 9.84 Å². The molecular weight excluding hydrogens is 242 g/mol. The first kappa shape index (κ1) is 15.3. The Morgan fingerprint density at radius 3 is 2.53 bits per heavy atom. The first-order valence-corrected chi connectivity index (χ1v) is 6.41. The van der Waals surface area contributed by atoms with Gasteiger partial charge in [0.05, 0.1) is 18.7 Å². The number of aliphatic carboxylic acids is 1. The summed E-state index contributed by atoms with van der Waals surface area (Å²) in [5, 5.41) is 12.1. The minimum absolute atomic E-state index is 0.0428. The molecule has 0 aliphatic carbocycles. The zero-order chi connectivity index (χ0) is 14.6. The summed E-state index contributed by atoms with van der Waals surface area (Å²) in [5.41, 5.74) is 2.06. The molecule has 0 radical (unpaired) electrons. The summed E-state index contributed by atoms with van der Waals surface area (Å²) >= 11 is 0. The van der Waals surface area contributed by atoms with Crippen molar-refractivity contribution in [3.63, 3.8) is 0 Å². The van der Waals surface area contributed by atoms with Gasteiger partial charge in [-0.15, -0.1) is 0 Å². The Bertz CT molecular complexity index is 449. The number of benzene rings is 1. The maximum atomic E-state index is 10.8. The average molecular weight is 265 g/mol. The van der Waals surface area contributed by atoms with E-state index < -0.39 is 11.9 Å². The second kappa shape index (κ2) is 5.95. The summed E-state index contributed by atoms with van der Waals surface area (Å²) in [7, 11) is 1.61. The van der Waals surface area contributed by atoms with Gasteiger partial charge in [0.15, 0.2) is 0 Å². The number of carbonyl (C=O) groups is 1. The summed E-state index contributed by atoms with van der Waals surface area (Å²) < 4.78 is 5.30. The highest BCUT2D eigenvalue weighted by Gasteiger charge is 2.17. The van der Waals surface area contributed by atoms with Crippen molar-refractivity contribution in [2.45, 2.75) is 33.1 Å². The predicted molar refractivity (Wildman–Crippen MR) is 77.0 cm³/mol.